The van der Waals surface area contributed by atoms with Crippen molar-refractivity contribution in [1.29, 1.82) is 0 Å². The van der Waals surface area contributed by atoms with Crippen molar-refractivity contribution >= 4 is 28.4 Å². The minimum Gasteiger partial charge on any atom is -0.315 e. The number of aromatic nitrogens is 4. The van der Waals surface area contributed by atoms with Crippen LogP contribution in [-0.4, -0.2) is 30.8 Å². The van der Waals surface area contributed by atoms with Crippen LogP contribution in [0.25, 0.3) is 27.8 Å². The van der Waals surface area contributed by atoms with Gasteiger partial charge in [-0.15, -0.1) is 0 Å². The Morgan fingerprint density at radius 3 is 2.62 bits per heavy atom. The van der Waals surface area contributed by atoms with Crippen molar-refractivity contribution in [3.63, 3.8) is 0 Å². The normalized spacial score (nSPS) is 11.9. The molecule has 42 heavy (non-hydrogen) atoms. The molecule has 2 aromatic carbocycles. The number of pyridine rings is 1. The zero-order chi connectivity index (χ0) is 30.0. The lowest BCUT2D eigenvalue weighted by Gasteiger charge is -2.16. The van der Waals surface area contributed by atoms with Crippen LogP contribution in [0, 0.1) is 18.7 Å². The number of Topliss-reactive ketones (excluding diaryl/α,β-unsaturated/α-hetero) is 1. The average Bonchev–Trinajstić information content (AvgIpc) is 3.33. The maximum Gasteiger partial charge on any atom is 0.294 e. The van der Waals surface area contributed by atoms with E-state index in [1.54, 1.807) is 50.5 Å². The van der Waals surface area contributed by atoms with Crippen LogP contribution in [0.2, 0.25) is 0 Å². The van der Waals surface area contributed by atoms with Gasteiger partial charge in [0.2, 0.25) is 5.91 Å². The molecule has 3 heterocycles. The molecule has 0 radical (unpaired) electrons. The van der Waals surface area contributed by atoms with Crippen LogP contribution >= 0.6 is 0 Å². The Morgan fingerprint density at radius 2 is 1.86 bits per heavy atom. The summed E-state index contributed by atoms with van der Waals surface area (Å²) in [5.74, 6) is -0.955. The van der Waals surface area contributed by atoms with Gasteiger partial charge in [0.25, 0.3) is 5.56 Å². The molecule has 5 rings (SSSR count). The summed E-state index contributed by atoms with van der Waals surface area (Å²) in [5, 5.41) is 3.48. The first kappa shape index (κ1) is 28.6. The predicted molar refractivity (Wildman–Crippen MR) is 162 cm³/mol. The van der Waals surface area contributed by atoms with Gasteiger partial charge in [-0.1, -0.05) is 39.0 Å². The van der Waals surface area contributed by atoms with Crippen LogP contribution in [0.15, 0.2) is 78.1 Å². The highest BCUT2D eigenvalue weighted by Crippen LogP contribution is 2.26. The number of nitrogens with zero attached hydrogens (tertiary/aromatic N) is 4. The number of fused-ring (bicyclic) bond motifs is 1. The molecule has 0 bridgehead atoms. The number of halogens is 1. The Labute approximate surface area is 242 Å². The Kier molecular flexibility index (Phi) is 8.10. The van der Waals surface area contributed by atoms with E-state index in [9.17, 15) is 18.8 Å². The third kappa shape index (κ3) is 5.63. The van der Waals surface area contributed by atoms with Gasteiger partial charge in [-0.05, 0) is 54.8 Å². The quantitative estimate of drug-likeness (QED) is 0.211. The van der Waals surface area contributed by atoms with Gasteiger partial charge in [0, 0.05) is 41.2 Å². The Morgan fingerprint density at radius 1 is 1.05 bits per heavy atom. The number of nitrogens with one attached hydrogen (secondary N) is 1. The van der Waals surface area contributed by atoms with E-state index in [1.807, 2.05) is 36.7 Å². The number of carbonyl (C=O) groups is 2. The highest BCUT2D eigenvalue weighted by molar-refractivity contribution is 5.97. The minimum absolute atomic E-state index is 0.0119. The highest BCUT2D eigenvalue weighted by atomic mass is 19.1. The first-order chi connectivity index (χ1) is 20.2. The zero-order valence-electron chi connectivity index (χ0n) is 24.0. The summed E-state index contributed by atoms with van der Waals surface area (Å²) in [5.41, 5.74) is 4.45. The van der Waals surface area contributed by atoms with Crippen LogP contribution < -0.4 is 10.9 Å². The van der Waals surface area contributed by atoms with Gasteiger partial charge in [0.05, 0.1) is 35.8 Å². The molecule has 9 heteroatoms. The molecule has 0 unspecified atom stereocenters. The smallest absolute Gasteiger partial charge is 0.294 e. The number of carbonyl (C=O) groups excluding carboxylic acids is 2. The molecule has 0 aliphatic carbocycles. The van der Waals surface area contributed by atoms with Gasteiger partial charge in [0.15, 0.2) is 11.6 Å². The average molecular weight is 566 g/mol. The molecule has 0 spiro atoms. The minimum atomic E-state index is -0.473. The van der Waals surface area contributed by atoms with Gasteiger partial charge in [-0.2, -0.15) is 0 Å². The van der Waals surface area contributed by atoms with Crippen LogP contribution in [0.1, 0.15) is 55.1 Å². The topological polar surface area (TPSA) is 98.9 Å². The van der Waals surface area contributed by atoms with Crippen molar-refractivity contribution in [3.05, 3.63) is 106 Å². The van der Waals surface area contributed by atoms with Crippen molar-refractivity contribution in [3.8, 4) is 16.9 Å². The molecular formula is C33H32FN5O3. The molecule has 0 aliphatic rings. The molecule has 1 atom stereocenters. The maximum absolute atomic E-state index is 13.9. The highest BCUT2D eigenvalue weighted by Gasteiger charge is 2.18. The van der Waals surface area contributed by atoms with Crippen molar-refractivity contribution in [2.45, 2.75) is 47.1 Å². The van der Waals surface area contributed by atoms with Gasteiger partial charge < -0.3 is 9.88 Å². The van der Waals surface area contributed by atoms with Crippen molar-refractivity contribution < 1.29 is 14.0 Å². The molecular weight excluding hydrogens is 533 g/mol. The first-order valence-corrected chi connectivity index (χ1v) is 14.0. The summed E-state index contributed by atoms with van der Waals surface area (Å²) < 4.78 is 17.4. The number of benzene rings is 2. The molecule has 0 aliphatic heterocycles. The number of anilines is 1. The molecule has 5 aromatic rings. The van der Waals surface area contributed by atoms with E-state index < -0.39 is 5.56 Å². The SMILES string of the molecule is CCC(=O)c1cccc(-c2cnc(NC(=O)[C@H](C)CC)c(=O)n2Cc2cncc(-n3cc(C)c4cc(F)ccc43)c2)c1. The van der Waals surface area contributed by atoms with Gasteiger partial charge in [0.1, 0.15) is 5.82 Å². The number of ketones is 1. The third-order valence-electron chi connectivity index (χ3n) is 7.52. The molecule has 3 aromatic heterocycles. The van der Waals surface area contributed by atoms with E-state index >= 15 is 0 Å². The lowest BCUT2D eigenvalue weighted by molar-refractivity contribution is -0.119. The predicted octanol–water partition coefficient (Wildman–Crippen LogP) is 6.32. The zero-order valence-corrected chi connectivity index (χ0v) is 24.0. The second-order valence-corrected chi connectivity index (χ2v) is 10.4. The number of amides is 1. The molecule has 1 N–H and O–H groups in total. The summed E-state index contributed by atoms with van der Waals surface area (Å²) in [6.45, 7) is 7.53. The molecule has 8 nitrogen and oxygen atoms in total. The van der Waals surface area contributed by atoms with Crippen LogP contribution in [0.4, 0.5) is 10.2 Å². The number of hydrogen-bond donors (Lipinski definition) is 1. The molecule has 0 saturated carbocycles. The van der Waals surface area contributed by atoms with Crippen LogP contribution in [0.5, 0.6) is 0 Å². The van der Waals surface area contributed by atoms with E-state index in [0.29, 0.717) is 29.7 Å². The molecule has 1 amide bonds. The Bertz CT molecular complexity index is 1870. The van der Waals surface area contributed by atoms with Gasteiger partial charge in [-0.3, -0.25) is 23.9 Å². The standard InChI is InChI=1S/C33H32FN5O3/c1-5-20(3)32(41)37-31-33(42)39(29(17-36-31)23-8-7-9-24(13-23)30(40)6-2)19-22-12-26(16-35-15-22)38-18-21(4)27-14-25(34)10-11-28(27)38/h7-18,20H,5-6,19H2,1-4H3,(H,36,37,41)/t20-/m1/s1. The summed E-state index contributed by atoms with van der Waals surface area (Å²) in [4.78, 5) is 47.6. The summed E-state index contributed by atoms with van der Waals surface area (Å²) in [6, 6.07) is 13.7. The first-order valence-electron chi connectivity index (χ1n) is 14.0. The van der Waals surface area contributed by atoms with Crippen LogP contribution in [0.3, 0.4) is 0 Å². The summed E-state index contributed by atoms with van der Waals surface area (Å²) in [7, 11) is 0. The maximum atomic E-state index is 13.9. The Balaban J connectivity index is 1.60. The van der Waals surface area contributed by atoms with Crippen LogP contribution in [-0.2, 0) is 11.3 Å². The monoisotopic (exact) mass is 565 g/mol. The number of rotatable bonds is 9. The van der Waals surface area contributed by atoms with Gasteiger partial charge >= 0.3 is 0 Å². The van der Waals surface area contributed by atoms with E-state index in [-0.39, 0.29) is 35.8 Å². The lowest BCUT2D eigenvalue weighted by Crippen LogP contribution is -2.30. The Hall–Kier alpha value is -4.92. The van der Waals surface area contributed by atoms with E-state index in [4.69, 9.17) is 0 Å². The third-order valence-corrected chi connectivity index (χ3v) is 7.52. The molecule has 214 valence electrons. The fourth-order valence-electron chi connectivity index (χ4n) is 4.90. The second-order valence-electron chi connectivity index (χ2n) is 10.4. The van der Waals surface area contributed by atoms with E-state index in [0.717, 1.165) is 27.7 Å². The molecule has 0 fully saturated rings. The van der Waals surface area contributed by atoms with Crippen molar-refractivity contribution in [2.24, 2.45) is 5.92 Å². The number of aryl methyl sites for hydroxylation is 1. The van der Waals surface area contributed by atoms with E-state index in [2.05, 4.69) is 15.3 Å². The fourth-order valence-corrected chi connectivity index (χ4v) is 4.90. The largest absolute Gasteiger partial charge is 0.315 e. The van der Waals surface area contributed by atoms with E-state index in [1.165, 1.54) is 22.9 Å². The van der Waals surface area contributed by atoms with Crippen molar-refractivity contribution in [2.75, 3.05) is 5.32 Å². The van der Waals surface area contributed by atoms with Crippen molar-refractivity contribution in [1.82, 2.24) is 19.1 Å². The summed E-state index contributed by atoms with van der Waals surface area (Å²) in [6.07, 6.45) is 7.82. The van der Waals surface area contributed by atoms with Gasteiger partial charge in [-0.25, -0.2) is 9.37 Å². The number of hydrogen-bond acceptors (Lipinski definition) is 5. The fraction of sp³-hybridized carbons (Fsp3) is 0.242. The lowest BCUT2D eigenvalue weighted by atomic mass is 10.0. The molecule has 0 saturated heterocycles. The summed E-state index contributed by atoms with van der Waals surface area (Å²) >= 11 is 0. The second kappa shape index (κ2) is 11.9.